The first-order chi connectivity index (χ1) is 13.0. The molecule has 0 bridgehead atoms. The zero-order valence-electron chi connectivity index (χ0n) is 15.5. The first-order valence-electron chi connectivity index (χ1n) is 8.91. The first kappa shape index (κ1) is 18.6. The van der Waals surface area contributed by atoms with Crippen LogP contribution in [0.5, 0.6) is 0 Å². The van der Waals surface area contributed by atoms with Gasteiger partial charge in [0.2, 0.25) is 0 Å². The Labute approximate surface area is 158 Å². The van der Waals surface area contributed by atoms with E-state index in [1.165, 1.54) is 12.1 Å². The molecule has 1 heterocycles. The van der Waals surface area contributed by atoms with Gasteiger partial charge in [0, 0.05) is 24.3 Å². The number of carbonyl (C=O) groups excluding carboxylic acids is 1. The van der Waals surface area contributed by atoms with Gasteiger partial charge in [-0.2, -0.15) is 5.10 Å². The Morgan fingerprint density at radius 3 is 2.44 bits per heavy atom. The van der Waals surface area contributed by atoms with Crippen LogP contribution in [0.1, 0.15) is 22.5 Å². The maximum atomic E-state index is 12.9. The predicted octanol–water partition coefficient (Wildman–Crippen LogP) is 3.67. The summed E-state index contributed by atoms with van der Waals surface area (Å²) >= 11 is 0. The summed E-state index contributed by atoms with van der Waals surface area (Å²) in [6.07, 6.45) is 0.650. The highest BCUT2D eigenvalue weighted by atomic mass is 19.1. The fourth-order valence-corrected chi connectivity index (χ4v) is 2.95. The lowest BCUT2D eigenvalue weighted by Crippen LogP contribution is -2.36. The molecular weight excluding hydrogens is 343 g/mol. The summed E-state index contributed by atoms with van der Waals surface area (Å²) in [6, 6.07) is 16.0. The minimum absolute atomic E-state index is 0.233. The third-order valence-corrected chi connectivity index (χ3v) is 4.48. The predicted molar refractivity (Wildman–Crippen MR) is 103 cm³/mol. The van der Waals surface area contributed by atoms with E-state index in [-0.39, 0.29) is 11.8 Å². The number of urea groups is 1. The van der Waals surface area contributed by atoms with Crippen molar-refractivity contribution in [2.75, 3.05) is 6.54 Å². The van der Waals surface area contributed by atoms with E-state index in [0.717, 1.165) is 28.2 Å². The SMILES string of the molecule is Cc1nn(-c2ccccc2)c(C)c1CNC(=O)NCCc1ccc(F)cc1. The highest BCUT2D eigenvalue weighted by molar-refractivity contribution is 5.73. The van der Waals surface area contributed by atoms with Crippen LogP contribution in [0.3, 0.4) is 0 Å². The molecule has 3 rings (SSSR count). The molecule has 6 heteroatoms. The normalized spacial score (nSPS) is 10.6. The molecule has 0 atom stereocenters. The topological polar surface area (TPSA) is 59.0 Å². The third kappa shape index (κ3) is 4.73. The highest BCUT2D eigenvalue weighted by Gasteiger charge is 2.13. The second kappa shape index (κ2) is 8.49. The van der Waals surface area contributed by atoms with Gasteiger partial charge in [-0.15, -0.1) is 0 Å². The summed E-state index contributed by atoms with van der Waals surface area (Å²) in [5.41, 5.74) is 4.88. The van der Waals surface area contributed by atoms with Crippen molar-refractivity contribution in [2.24, 2.45) is 0 Å². The van der Waals surface area contributed by atoms with Crippen molar-refractivity contribution in [1.82, 2.24) is 20.4 Å². The number of nitrogens with zero attached hydrogens (tertiary/aromatic N) is 2. The average molecular weight is 366 g/mol. The molecule has 140 valence electrons. The van der Waals surface area contributed by atoms with Crippen LogP contribution in [-0.2, 0) is 13.0 Å². The van der Waals surface area contributed by atoms with Gasteiger partial charge in [-0.05, 0) is 50.1 Å². The quantitative estimate of drug-likeness (QED) is 0.699. The van der Waals surface area contributed by atoms with E-state index < -0.39 is 0 Å². The van der Waals surface area contributed by atoms with Gasteiger partial charge in [0.1, 0.15) is 5.82 Å². The van der Waals surface area contributed by atoms with E-state index in [0.29, 0.717) is 19.5 Å². The lowest BCUT2D eigenvalue weighted by molar-refractivity contribution is 0.240. The van der Waals surface area contributed by atoms with E-state index in [1.807, 2.05) is 48.9 Å². The summed E-state index contributed by atoms with van der Waals surface area (Å²) in [6.45, 7) is 4.83. The molecule has 0 unspecified atom stereocenters. The van der Waals surface area contributed by atoms with Crippen LogP contribution in [0.4, 0.5) is 9.18 Å². The van der Waals surface area contributed by atoms with Crippen molar-refractivity contribution >= 4 is 6.03 Å². The summed E-state index contributed by atoms with van der Waals surface area (Å²) in [4.78, 5) is 12.1. The van der Waals surface area contributed by atoms with Crippen molar-refractivity contribution in [2.45, 2.75) is 26.8 Å². The van der Waals surface area contributed by atoms with Crippen molar-refractivity contribution in [3.63, 3.8) is 0 Å². The van der Waals surface area contributed by atoms with E-state index in [2.05, 4.69) is 15.7 Å². The summed E-state index contributed by atoms with van der Waals surface area (Å²) in [5.74, 6) is -0.258. The van der Waals surface area contributed by atoms with Crippen LogP contribution in [0, 0.1) is 19.7 Å². The molecule has 0 aliphatic heterocycles. The Morgan fingerprint density at radius 2 is 1.74 bits per heavy atom. The number of aromatic nitrogens is 2. The van der Waals surface area contributed by atoms with Crippen molar-refractivity contribution in [1.29, 1.82) is 0 Å². The maximum Gasteiger partial charge on any atom is 0.315 e. The van der Waals surface area contributed by atoms with Gasteiger partial charge >= 0.3 is 6.03 Å². The lowest BCUT2D eigenvalue weighted by atomic mass is 10.1. The molecular formula is C21H23FN4O. The van der Waals surface area contributed by atoms with E-state index in [4.69, 9.17) is 0 Å². The molecule has 0 fully saturated rings. The van der Waals surface area contributed by atoms with Gasteiger partial charge in [-0.25, -0.2) is 13.9 Å². The summed E-state index contributed by atoms with van der Waals surface area (Å²) in [7, 11) is 0. The van der Waals surface area contributed by atoms with Crippen LogP contribution in [-0.4, -0.2) is 22.4 Å². The first-order valence-corrected chi connectivity index (χ1v) is 8.91. The van der Waals surface area contributed by atoms with Crippen LogP contribution >= 0.6 is 0 Å². The molecule has 3 aromatic rings. The minimum Gasteiger partial charge on any atom is -0.338 e. The molecule has 1 aromatic heterocycles. The number of carbonyl (C=O) groups is 1. The van der Waals surface area contributed by atoms with Gasteiger partial charge < -0.3 is 10.6 Å². The number of nitrogens with one attached hydrogen (secondary N) is 2. The van der Waals surface area contributed by atoms with Crippen LogP contribution in [0.15, 0.2) is 54.6 Å². The van der Waals surface area contributed by atoms with Crippen molar-refractivity contribution < 1.29 is 9.18 Å². The molecule has 0 radical (unpaired) electrons. The van der Waals surface area contributed by atoms with Crippen molar-refractivity contribution in [3.8, 4) is 5.69 Å². The van der Waals surface area contributed by atoms with Crippen LogP contribution in [0.25, 0.3) is 5.69 Å². The van der Waals surface area contributed by atoms with Gasteiger partial charge in [-0.1, -0.05) is 30.3 Å². The maximum absolute atomic E-state index is 12.9. The Kier molecular flexibility index (Phi) is 5.86. The van der Waals surface area contributed by atoms with Gasteiger partial charge in [0.15, 0.2) is 0 Å². The van der Waals surface area contributed by atoms with Gasteiger partial charge in [0.05, 0.1) is 11.4 Å². The zero-order chi connectivity index (χ0) is 19.2. The number of benzene rings is 2. The summed E-state index contributed by atoms with van der Waals surface area (Å²) in [5, 5.41) is 10.3. The van der Waals surface area contributed by atoms with Gasteiger partial charge in [-0.3, -0.25) is 0 Å². The molecule has 2 N–H and O–H groups in total. The largest absolute Gasteiger partial charge is 0.338 e. The molecule has 0 spiro atoms. The van der Waals surface area contributed by atoms with Crippen LogP contribution < -0.4 is 10.6 Å². The Hall–Kier alpha value is -3.15. The molecule has 2 amide bonds. The Balaban J connectivity index is 1.53. The lowest BCUT2D eigenvalue weighted by Gasteiger charge is -2.09. The van der Waals surface area contributed by atoms with Gasteiger partial charge in [0.25, 0.3) is 0 Å². The second-order valence-electron chi connectivity index (χ2n) is 6.38. The highest BCUT2D eigenvalue weighted by Crippen LogP contribution is 2.17. The second-order valence-corrected chi connectivity index (χ2v) is 6.38. The fraction of sp³-hybridized carbons (Fsp3) is 0.238. The number of halogens is 1. The number of rotatable bonds is 6. The number of amides is 2. The van der Waals surface area contributed by atoms with Crippen LogP contribution in [0.2, 0.25) is 0 Å². The monoisotopic (exact) mass is 366 g/mol. The van der Waals surface area contributed by atoms with E-state index >= 15 is 0 Å². The Morgan fingerprint density at radius 1 is 1.04 bits per heavy atom. The number of aryl methyl sites for hydroxylation is 1. The standard InChI is InChI=1S/C21H23FN4O/c1-15-20(16(2)26(25-15)19-6-4-3-5-7-19)14-24-21(27)23-13-12-17-8-10-18(22)11-9-17/h3-11H,12-14H2,1-2H3,(H2,23,24,27). The zero-order valence-corrected chi connectivity index (χ0v) is 15.5. The molecule has 0 saturated heterocycles. The molecule has 0 aliphatic rings. The number of para-hydroxylation sites is 1. The van der Waals surface area contributed by atoms with Crippen molar-refractivity contribution in [3.05, 3.63) is 82.9 Å². The molecule has 0 saturated carbocycles. The molecule has 27 heavy (non-hydrogen) atoms. The molecule has 0 aliphatic carbocycles. The average Bonchev–Trinajstić information content (AvgIpc) is 2.96. The smallest absolute Gasteiger partial charge is 0.315 e. The number of hydrogen-bond donors (Lipinski definition) is 2. The summed E-state index contributed by atoms with van der Waals surface area (Å²) < 4.78 is 14.8. The molecule has 2 aromatic carbocycles. The molecule has 5 nitrogen and oxygen atoms in total. The third-order valence-electron chi connectivity index (χ3n) is 4.48. The Bertz CT molecular complexity index is 904. The number of hydrogen-bond acceptors (Lipinski definition) is 2. The van der Waals surface area contributed by atoms with E-state index in [1.54, 1.807) is 12.1 Å². The van der Waals surface area contributed by atoms with E-state index in [9.17, 15) is 9.18 Å². The minimum atomic E-state index is -0.258. The fourth-order valence-electron chi connectivity index (χ4n) is 2.95.